The number of carbonyl (C=O) groups excluding carboxylic acids is 1. The Morgan fingerprint density at radius 1 is 1.21 bits per heavy atom. The van der Waals surface area contributed by atoms with Gasteiger partial charge < -0.3 is 14.8 Å². The molecule has 2 atom stereocenters. The zero-order chi connectivity index (χ0) is 20.9. The van der Waals surface area contributed by atoms with Crippen molar-refractivity contribution in [1.29, 1.82) is 0 Å². The van der Waals surface area contributed by atoms with E-state index in [1.54, 1.807) is 4.72 Å². The second kappa shape index (κ2) is 9.11. The van der Waals surface area contributed by atoms with E-state index in [9.17, 15) is 21.6 Å². The number of sulfone groups is 1. The smallest absolute Gasteiger partial charge is 0.330 e. The number of rotatable bonds is 7. The van der Waals surface area contributed by atoms with Gasteiger partial charge in [0.25, 0.3) is 10.0 Å². The highest BCUT2D eigenvalue weighted by molar-refractivity contribution is 7.93. The van der Waals surface area contributed by atoms with Gasteiger partial charge in [0.2, 0.25) is 0 Å². The molecular weight excluding hydrogens is 414 g/mol. The van der Waals surface area contributed by atoms with Crippen LogP contribution in [0.15, 0.2) is 28.3 Å². The molecule has 2 rings (SSSR count). The first kappa shape index (κ1) is 22.4. The third-order valence-corrected chi connectivity index (χ3v) is 7.09. The molecule has 158 valence electrons. The van der Waals surface area contributed by atoms with E-state index in [4.69, 9.17) is 9.47 Å². The lowest BCUT2D eigenvalue weighted by Crippen LogP contribution is -2.66. The van der Waals surface area contributed by atoms with E-state index >= 15 is 0 Å². The van der Waals surface area contributed by atoms with E-state index < -0.39 is 54.6 Å². The number of pyridine rings is 1. The molecule has 14 heteroatoms. The summed E-state index contributed by atoms with van der Waals surface area (Å²) in [6, 6.07) is 1.32. The predicted octanol–water partition coefficient (Wildman–Crippen LogP) is -1.33. The average Bonchev–Trinajstić information content (AvgIpc) is 2.67. The zero-order valence-electron chi connectivity index (χ0n) is 15.5. The van der Waals surface area contributed by atoms with Gasteiger partial charge in [0.1, 0.15) is 23.6 Å². The van der Waals surface area contributed by atoms with Crippen LogP contribution in [0.2, 0.25) is 0 Å². The second-order valence-electron chi connectivity index (χ2n) is 5.74. The predicted molar refractivity (Wildman–Crippen MR) is 97.1 cm³/mol. The van der Waals surface area contributed by atoms with Gasteiger partial charge in [-0.25, -0.2) is 22.9 Å². The quantitative estimate of drug-likeness (QED) is 0.402. The molecule has 0 aliphatic carbocycles. The van der Waals surface area contributed by atoms with Crippen molar-refractivity contribution in [2.24, 2.45) is 0 Å². The zero-order valence-corrected chi connectivity index (χ0v) is 17.1. The van der Waals surface area contributed by atoms with Crippen LogP contribution in [0.1, 0.15) is 13.3 Å². The van der Waals surface area contributed by atoms with Crippen LogP contribution < -0.4 is 20.7 Å². The van der Waals surface area contributed by atoms with Crippen molar-refractivity contribution in [1.82, 2.24) is 25.7 Å². The monoisotopic (exact) mass is 437 g/mol. The van der Waals surface area contributed by atoms with E-state index in [1.165, 1.54) is 27.2 Å². The first-order valence-electron chi connectivity index (χ1n) is 8.21. The fraction of sp³-hybridized carbons (Fsp3) is 0.571. The lowest BCUT2D eigenvalue weighted by molar-refractivity contribution is -0.0572. The Balaban J connectivity index is 2.16. The molecule has 0 saturated carbocycles. The highest BCUT2D eigenvalue weighted by atomic mass is 32.2. The van der Waals surface area contributed by atoms with Crippen LogP contribution in [0.4, 0.5) is 4.79 Å². The van der Waals surface area contributed by atoms with Gasteiger partial charge in [-0.2, -0.15) is 8.42 Å². The third kappa shape index (κ3) is 5.36. The van der Waals surface area contributed by atoms with Gasteiger partial charge in [-0.3, -0.25) is 10.6 Å². The van der Waals surface area contributed by atoms with Crippen LogP contribution >= 0.6 is 0 Å². The van der Waals surface area contributed by atoms with Crippen LogP contribution in [-0.4, -0.2) is 66.6 Å². The number of methoxy groups -OCH3 is 2. The van der Waals surface area contributed by atoms with Gasteiger partial charge in [0.05, 0.1) is 5.75 Å². The summed E-state index contributed by atoms with van der Waals surface area (Å²) in [5.74, 6) is -0.319. The number of nitrogens with zero attached hydrogens (tertiary/aromatic N) is 1. The molecule has 1 aliphatic rings. The summed E-state index contributed by atoms with van der Waals surface area (Å²) < 4.78 is 61.4. The molecule has 28 heavy (non-hydrogen) atoms. The van der Waals surface area contributed by atoms with E-state index in [2.05, 4.69) is 20.9 Å². The minimum absolute atomic E-state index is 0.319. The normalized spacial score (nSPS) is 23.2. The molecule has 1 saturated heterocycles. The Morgan fingerprint density at radius 3 is 2.36 bits per heavy atom. The number of sulfonamides is 1. The van der Waals surface area contributed by atoms with Crippen molar-refractivity contribution in [2.75, 3.05) is 20.0 Å². The summed E-state index contributed by atoms with van der Waals surface area (Å²) in [5.41, 5.74) is 0. The van der Waals surface area contributed by atoms with Gasteiger partial charge in [-0.15, -0.1) is 0 Å². The van der Waals surface area contributed by atoms with Crippen molar-refractivity contribution < 1.29 is 31.1 Å². The van der Waals surface area contributed by atoms with Crippen molar-refractivity contribution in [3.05, 3.63) is 18.3 Å². The Bertz CT molecular complexity index is 894. The Kier molecular flexibility index (Phi) is 7.30. The second-order valence-corrected chi connectivity index (χ2v) is 9.58. The average molecular weight is 438 g/mol. The standard InChI is InChI=1S/C14H23N5O7S2/c1-4-27(21,22)9-6-5-7-15-12(9)28(23,24)19-14(20)18-13-16-10(25-2)8-11(17-13)26-3/h5-7,10-11,13,16-17H,4,8H2,1-3H3,(H2,18,19,20). The minimum atomic E-state index is -4.54. The number of aromatic nitrogens is 1. The van der Waals surface area contributed by atoms with Crippen LogP contribution in [0.5, 0.6) is 0 Å². The number of hydrogen-bond acceptors (Lipinski definition) is 10. The van der Waals surface area contributed by atoms with Gasteiger partial charge in [-0.05, 0) is 12.1 Å². The number of amides is 2. The first-order valence-corrected chi connectivity index (χ1v) is 11.3. The van der Waals surface area contributed by atoms with Gasteiger partial charge in [0, 0.05) is 26.8 Å². The summed E-state index contributed by atoms with van der Waals surface area (Å²) >= 11 is 0. The summed E-state index contributed by atoms with van der Waals surface area (Å²) in [4.78, 5) is 15.3. The molecule has 0 bridgehead atoms. The molecule has 2 heterocycles. The summed E-state index contributed by atoms with van der Waals surface area (Å²) in [7, 11) is -5.48. The van der Waals surface area contributed by atoms with Crippen LogP contribution in [-0.2, 0) is 29.3 Å². The largest absolute Gasteiger partial charge is 0.366 e. The maximum Gasteiger partial charge on any atom is 0.330 e. The van der Waals surface area contributed by atoms with Crippen molar-refractivity contribution in [2.45, 2.75) is 42.0 Å². The fourth-order valence-corrected chi connectivity index (χ4v) is 5.02. The number of hydrogen-bond donors (Lipinski definition) is 4. The lowest BCUT2D eigenvalue weighted by Gasteiger charge is -2.36. The van der Waals surface area contributed by atoms with Crippen LogP contribution in [0, 0.1) is 0 Å². The fourth-order valence-electron chi connectivity index (χ4n) is 2.46. The molecule has 0 radical (unpaired) electrons. The van der Waals surface area contributed by atoms with Crippen molar-refractivity contribution in [3.8, 4) is 0 Å². The molecule has 1 fully saturated rings. The number of carbonyl (C=O) groups is 1. The minimum Gasteiger partial charge on any atom is -0.366 e. The van der Waals surface area contributed by atoms with E-state index in [-0.39, 0.29) is 5.75 Å². The molecule has 1 aromatic heterocycles. The molecule has 1 aromatic rings. The molecule has 2 unspecified atom stereocenters. The highest BCUT2D eigenvalue weighted by Crippen LogP contribution is 2.19. The third-order valence-electron chi connectivity index (χ3n) is 3.91. The van der Waals surface area contributed by atoms with Gasteiger partial charge in [-0.1, -0.05) is 6.92 Å². The summed E-state index contributed by atoms with van der Waals surface area (Å²) in [6.07, 6.45) is -0.161. The molecule has 1 aliphatic heterocycles. The summed E-state index contributed by atoms with van der Waals surface area (Å²) in [6.45, 7) is 1.37. The van der Waals surface area contributed by atoms with E-state index in [0.29, 0.717) is 6.42 Å². The van der Waals surface area contributed by atoms with Crippen molar-refractivity contribution in [3.63, 3.8) is 0 Å². The molecular formula is C14H23N5O7S2. The van der Waals surface area contributed by atoms with Gasteiger partial charge in [0.15, 0.2) is 14.9 Å². The maximum absolute atomic E-state index is 12.5. The number of urea groups is 1. The highest BCUT2D eigenvalue weighted by Gasteiger charge is 2.31. The Labute approximate surface area is 163 Å². The maximum atomic E-state index is 12.5. The molecule has 4 N–H and O–H groups in total. The van der Waals surface area contributed by atoms with Crippen LogP contribution in [0.3, 0.4) is 0 Å². The van der Waals surface area contributed by atoms with Crippen LogP contribution in [0.25, 0.3) is 0 Å². The van der Waals surface area contributed by atoms with Crippen molar-refractivity contribution >= 4 is 25.9 Å². The Hall–Kier alpha value is -1.84. The van der Waals surface area contributed by atoms with E-state index in [1.807, 2.05) is 0 Å². The molecule has 0 aromatic carbocycles. The summed E-state index contributed by atoms with van der Waals surface area (Å²) in [5, 5.41) is 7.36. The molecule has 0 spiro atoms. The molecule has 2 amide bonds. The topological polar surface area (TPSA) is 165 Å². The van der Waals surface area contributed by atoms with Gasteiger partial charge >= 0.3 is 6.03 Å². The number of nitrogens with one attached hydrogen (secondary N) is 4. The Morgan fingerprint density at radius 2 is 1.82 bits per heavy atom. The first-order chi connectivity index (χ1) is 13.1. The van der Waals surface area contributed by atoms with E-state index in [0.717, 1.165) is 12.3 Å². The number of ether oxygens (including phenoxy) is 2. The lowest BCUT2D eigenvalue weighted by atomic mass is 10.3. The SMILES string of the molecule is CCS(=O)(=O)c1cccnc1S(=O)(=O)NC(=O)NC1NC(OC)CC(OC)N1. The molecule has 12 nitrogen and oxygen atoms in total.